The second-order valence-corrected chi connectivity index (χ2v) is 6.44. The third-order valence-electron chi connectivity index (χ3n) is 4.75. The van der Waals surface area contributed by atoms with E-state index in [9.17, 15) is 9.59 Å². The molecule has 0 aliphatic carbocycles. The summed E-state index contributed by atoms with van der Waals surface area (Å²) in [6.07, 6.45) is 3.91. The Kier molecular flexibility index (Phi) is 4.35. The van der Waals surface area contributed by atoms with Crippen LogP contribution in [-0.4, -0.2) is 15.8 Å². The average molecular weight is 345 g/mol. The first kappa shape index (κ1) is 16.3. The van der Waals surface area contributed by atoms with Crippen molar-refractivity contribution in [2.24, 2.45) is 0 Å². The van der Waals surface area contributed by atoms with Gasteiger partial charge >= 0.3 is 0 Å². The van der Waals surface area contributed by atoms with E-state index in [1.165, 1.54) is 0 Å². The van der Waals surface area contributed by atoms with E-state index in [1.807, 2.05) is 30.3 Å². The van der Waals surface area contributed by atoms with Gasteiger partial charge in [0.1, 0.15) is 6.29 Å². The van der Waals surface area contributed by atoms with E-state index in [1.54, 1.807) is 10.8 Å². The highest BCUT2D eigenvalue weighted by Crippen LogP contribution is 2.22. The lowest BCUT2D eigenvalue weighted by Crippen LogP contribution is -2.27. The van der Waals surface area contributed by atoms with Gasteiger partial charge in [-0.25, -0.2) is 4.98 Å². The Morgan fingerprint density at radius 3 is 2.73 bits per heavy atom. The number of fused-ring (bicyclic) bond motifs is 1. The minimum absolute atomic E-state index is 0.226. The topological polar surface area (TPSA) is 64.0 Å². The normalized spacial score (nSPS) is 15.5. The molecular formula is C21H19N3O2. The van der Waals surface area contributed by atoms with Crippen LogP contribution in [0.4, 0.5) is 5.82 Å². The molecule has 1 aliphatic heterocycles. The van der Waals surface area contributed by atoms with Crippen LogP contribution in [0.5, 0.6) is 0 Å². The Morgan fingerprint density at radius 1 is 1.12 bits per heavy atom. The lowest BCUT2D eigenvalue weighted by atomic mass is 10.0. The van der Waals surface area contributed by atoms with Crippen molar-refractivity contribution in [1.82, 2.24) is 9.55 Å². The van der Waals surface area contributed by atoms with Gasteiger partial charge in [-0.05, 0) is 35.6 Å². The minimum Gasteiger partial charge on any atom is -0.361 e. The van der Waals surface area contributed by atoms with E-state index in [0.29, 0.717) is 19.4 Å². The van der Waals surface area contributed by atoms with Gasteiger partial charge in [0, 0.05) is 18.4 Å². The maximum absolute atomic E-state index is 12.6. The number of hydrogen-bond acceptors (Lipinski definition) is 4. The maximum atomic E-state index is 12.6. The van der Waals surface area contributed by atoms with E-state index in [4.69, 9.17) is 0 Å². The van der Waals surface area contributed by atoms with Gasteiger partial charge in [-0.3, -0.25) is 9.36 Å². The minimum atomic E-state index is -0.373. The predicted octanol–water partition coefficient (Wildman–Crippen LogP) is 3.21. The van der Waals surface area contributed by atoms with Crippen LogP contribution in [0.2, 0.25) is 0 Å². The number of nitrogens with zero attached hydrogens (tertiary/aromatic N) is 2. The fourth-order valence-corrected chi connectivity index (χ4v) is 3.40. The first-order valence-corrected chi connectivity index (χ1v) is 8.70. The highest BCUT2D eigenvalue weighted by molar-refractivity contribution is 5.64. The first-order chi connectivity index (χ1) is 12.8. The van der Waals surface area contributed by atoms with Crippen LogP contribution in [0.15, 0.2) is 65.6 Å². The van der Waals surface area contributed by atoms with Gasteiger partial charge in [0.25, 0.3) is 5.56 Å². The molecule has 4 rings (SSSR count). The number of anilines is 1. The molecule has 1 N–H and O–H groups in total. The average Bonchev–Trinajstić information content (AvgIpc) is 3.12. The zero-order valence-electron chi connectivity index (χ0n) is 14.3. The lowest BCUT2D eigenvalue weighted by Gasteiger charge is -2.11. The highest BCUT2D eigenvalue weighted by atomic mass is 16.1. The number of carbonyl (C=O) groups excluding carboxylic acids is 1. The number of aldehydes is 1. The molecule has 0 radical (unpaired) electrons. The molecule has 0 saturated heterocycles. The molecule has 5 nitrogen and oxygen atoms in total. The summed E-state index contributed by atoms with van der Waals surface area (Å²) >= 11 is 0. The number of rotatable bonds is 5. The van der Waals surface area contributed by atoms with Gasteiger partial charge < -0.3 is 10.1 Å². The SMILES string of the molecule is O=CC1CCc2cnc(NCc3cccc(-c4ccccc4)c3)c(=O)n21. The second kappa shape index (κ2) is 6.96. The Balaban J connectivity index is 1.56. The van der Waals surface area contributed by atoms with Crippen molar-refractivity contribution in [1.29, 1.82) is 0 Å². The highest BCUT2D eigenvalue weighted by Gasteiger charge is 2.24. The Bertz CT molecular complexity index is 996. The molecule has 130 valence electrons. The second-order valence-electron chi connectivity index (χ2n) is 6.44. The number of nitrogens with one attached hydrogen (secondary N) is 1. The van der Waals surface area contributed by atoms with Crippen molar-refractivity contribution >= 4 is 12.1 Å². The lowest BCUT2D eigenvalue weighted by molar-refractivity contribution is -0.110. The van der Waals surface area contributed by atoms with Crippen molar-refractivity contribution in [3.05, 3.63) is 82.4 Å². The molecular weight excluding hydrogens is 326 g/mol. The number of aromatic nitrogens is 2. The molecule has 0 fully saturated rings. The molecule has 0 bridgehead atoms. The van der Waals surface area contributed by atoms with Crippen molar-refractivity contribution in [2.45, 2.75) is 25.4 Å². The molecule has 1 atom stereocenters. The molecule has 3 aromatic rings. The first-order valence-electron chi connectivity index (χ1n) is 8.70. The van der Waals surface area contributed by atoms with Crippen molar-refractivity contribution in [3.8, 4) is 11.1 Å². The summed E-state index contributed by atoms with van der Waals surface area (Å²) in [6.45, 7) is 0.494. The van der Waals surface area contributed by atoms with Crippen LogP contribution >= 0.6 is 0 Å². The van der Waals surface area contributed by atoms with Gasteiger partial charge in [-0.15, -0.1) is 0 Å². The summed E-state index contributed by atoms with van der Waals surface area (Å²) in [5.41, 5.74) is 3.94. The van der Waals surface area contributed by atoms with E-state index in [2.05, 4.69) is 34.6 Å². The third-order valence-corrected chi connectivity index (χ3v) is 4.75. The Hall–Kier alpha value is -3.21. The van der Waals surface area contributed by atoms with E-state index < -0.39 is 0 Å². The number of aryl methyl sites for hydroxylation is 1. The molecule has 1 aromatic heterocycles. The Labute approximate surface area is 151 Å². The summed E-state index contributed by atoms with van der Waals surface area (Å²) < 4.78 is 1.56. The Morgan fingerprint density at radius 2 is 1.92 bits per heavy atom. The van der Waals surface area contributed by atoms with Gasteiger partial charge in [0.2, 0.25) is 0 Å². The van der Waals surface area contributed by atoms with Gasteiger partial charge in [0.15, 0.2) is 5.82 Å². The number of benzene rings is 2. The quantitative estimate of drug-likeness (QED) is 0.721. The van der Waals surface area contributed by atoms with E-state index in [0.717, 1.165) is 28.7 Å². The molecule has 2 aromatic carbocycles. The van der Waals surface area contributed by atoms with Crippen molar-refractivity contribution in [3.63, 3.8) is 0 Å². The summed E-state index contributed by atoms with van der Waals surface area (Å²) in [5, 5.41) is 3.12. The van der Waals surface area contributed by atoms with Crippen molar-refractivity contribution in [2.75, 3.05) is 5.32 Å². The summed E-state index contributed by atoms with van der Waals surface area (Å²) in [7, 11) is 0. The van der Waals surface area contributed by atoms with E-state index >= 15 is 0 Å². The van der Waals surface area contributed by atoms with Crippen LogP contribution < -0.4 is 10.9 Å². The zero-order valence-corrected chi connectivity index (χ0v) is 14.3. The fraction of sp³-hybridized carbons (Fsp3) is 0.190. The van der Waals surface area contributed by atoms with Gasteiger partial charge in [-0.2, -0.15) is 0 Å². The van der Waals surface area contributed by atoms with Gasteiger partial charge in [0.05, 0.1) is 6.04 Å². The van der Waals surface area contributed by atoms with Crippen LogP contribution in [0.25, 0.3) is 11.1 Å². The predicted molar refractivity (Wildman–Crippen MR) is 101 cm³/mol. The van der Waals surface area contributed by atoms with Crippen molar-refractivity contribution < 1.29 is 4.79 Å². The zero-order chi connectivity index (χ0) is 17.9. The summed E-state index contributed by atoms with van der Waals surface area (Å²) in [5.74, 6) is 0.285. The molecule has 0 amide bonds. The molecule has 5 heteroatoms. The largest absolute Gasteiger partial charge is 0.361 e. The maximum Gasteiger partial charge on any atom is 0.294 e. The monoisotopic (exact) mass is 345 g/mol. The third kappa shape index (κ3) is 3.04. The van der Waals surface area contributed by atoms with E-state index in [-0.39, 0.29) is 17.4 Å². The van der Waals surface area contributed by atoms with Crippen LogP contribution in [0.3, 0.4) is 0 Å². The molecule has 0 spiro atoms. The molecule has 26 heavy (non-hydrogen) atoms. The molecule has 0 saturated carbocycles. The number of carbonyl (C=O) groups is 1. The summed E-state index contributed by atoms with van der Waals surface area (Å²) in [6, 6.07) is 18.0. The summed E-state index contributed by atoms with van der Waals surface area (Å²) in [4.78, 5) is 28.1. The fourth-order valence-electron chi connectivity index (χ4n) is 3.40. The molecule has 1 aliphatic rings. The standard InChI is InChI=1S/C21H19N3O2/c25-14-19-10-9-18-13-23-20(21(26)24(18)19)22-12-15-5-4-8-17(11-15)16-6-2-1-3-7-16/h1-8,11,13-14,19H,9-10,12H2,(H,22,23). The van der Waals surface area contributed by atoms with Crippen LogP contribution in [0.1, 0.15) is 23.7 Å². The van der Waals surface area contributed by atoms with Crippen LogP contribution in [0, 0.1) is 0 Å². The van der Waals surface area contributed by atoms with Crippen LogP contribution in [-0.2, 0) is 17.8 Å². The molecule has 2 heterocycles. The van der Waals surface area contributed by atoms with Gasteiger partial charge in [-0.1, -0.05) is 48.5 Å². The smallest absolute Gasteiger partial charge is 0.294 e. The number of hydrogen-bond donors (Lipinski definition) is 1. The molecule has 1 unspecified atom stereocenters.